The molecular weight excluding hydrogens is 371 g/mol. The quantitative estimate of drug-likeness (QED) is 0.404. The Bertz CT molecular complexity index is 1200. The van der Waals surface area contributed by atoms with Crippen molar-refractivity contribution in [3.8, 4) is 11.5 Å². The van der Waals surface area contributed by atoms with E-state index in [1.807, 2.05) is 53.9 Å². The summed E-state index contributed by atoms with van der Waals surface area (Å²) in [6.45, 7) is 0. The van der Waals surface area contributed by atoms with E-state index in [4.69, 9.17) is 9.47 Å². The molecule has 28 heavy (non-hydrogen) atoms. The van der Waals surface area contributed by atoms with Crippen LogP contribution in [0.5, 0.6) is 11.5 Å². The Morgan fingerprint density at radius 3 is 2.68 bits per heavy atom. The lowest BCUT2D eigenvalue weighted by atomic mass is 9.87. The zero-order valence-electron chi connectivity index (χ0n) is 15.2. The lowest BCUT2D eigenvalue weighted by molar-refractivity contribution is 0.160. The van der Waals surface area contributed by atoms with Crippen LogP contribution in [-0.2, 0) is 5.60 Å². The van der Waals surface area contributed by atoms with Gasteiger partial charge >= 0.3 is 0 Å². The molecule has 0 saturated heterocycles. The smallest absolute Gasteiger partial charge is 0.189 e. The molecule has 0 N–H and O–H groups in total. The van der Waals surface area contributed by atoms with Crippen LogP contribution >= 0.6 is 11.3 Å². The second-order valence-corrected chi connectivity index (χ2v) is 7.64. The van der Waals surface area contributed by atoms with Crippen LogP contribution < -0.4 is 9.47 Å². The Morgan fingerprint density at radius 2 is 1.89 bits per heavy atom. The normalized spacial score (nSPS) is 17.9. The fourth-order valence-electron chi connectivity index (χ4n) is 3.77. The molecule has 138 valence electrons. The minimum absolute atomic E-state index is 0.360. The van der Waals surface area contributed by atoms with Gasteiger partial charge in [0.25, 0.3) is 0 Å². The van der Waals surface area contributed by atoms with E-state index in [2.05, 4.69) is 12.1 Å². The molecule has 4 aromatic rings. The zero-order valence-corrected chi connectivity index (χ0v) is 16.0. The van der Waals surface area contributed by atoms with E-state index in [0.29, 0.717) is 11.3 Å². The number of rotatable bonds is 3. The number of methoxy groups -OCH3 is 1. The highest BCUT2D eigenvalue weighted by Crippen LogP contribution is 2.46. The minimum atomic E-state index is -1.01. The van der Waals surface area contributed by atoms with Gasteiger partial charge in [-0.3, -0.25) is 0 Å². The third-order valence-corrected chi connectivity index (χ3v) is 6.14. The summed E-state index contributed by atoms with van der Waals surface area (Å²) >= 11 is 1.55. The molecule has 4 heteroatoms. The van der Waals surface area contributed by atoms with Gasteiger partial charge in [-0.15, -0.1) is 11.3 Å². The summed E-state index contributed by atoms with van der Waals surface area (Å²) in [7, 11) is 1.53. The highest BCUT2D eigenvalue weighted by Gasteiger charge is 2.40. The number of thiophene rings is 1. The molecule has 2 nitrogen and oxygen atoms in total. The maximum atomic E-state index is 15.1. The van der Waals surface area contributed by atoms with Gasteiger partial charge < -0.3 is 9.47 Å². The molecule has 1 unspecified atom stereocenters. The number of ether oxygens (including phenoxy) is 2. The molecule has 0 spiro atoms. The Kier molecular flexibility index (Phi) is 3.95. The van der Waals surface area contributed by atoms with Crippen molar-refractivity contribution >= 4 is 28.2 Å². The van der Waals surface area contributed by atoms with Crippen molar-refractivity contribution in [2.24, 2.45) is 0 Å². The number of halogens is 1. The summed E-state index contributed by atoms with van der Waals surface area (Å²) in [6, 6.07) is 21.0. The molecule has 1 aliphatic heterocycles. The maximum Gasteiger partial charge on any atom is 0.189 e. The molecule has 2 heterocycles. The SMILES string of the molecule is COc1ccc(C2(c3cccs3)C=Cc3c(ccc4ccccc34)O2)c(F)c1. The van der Waals surface area contributed by atoms with Gasteiger partial charge in [0, 0.05) is 17.2 Å². The third kappa shape index (κ3) is 2.53. The Hall–Kier alpha value is -3.11. The molecular formula is C24H17FO2S. The highest BCUT2D eigenvalue weighted by molar-refractivity contribution is 7.10. The van der Waals surface area contributed by atoms with Gasteiger partial charge in [0.05, 0.1) is 12.0 Å². The predicted molar refractivity (Wildman–Crippen MR) is 112 cm³/mol. The van der Waals surface area contributed by atoms with Crippen molar-refractivity contribution in [1.82, 2.24) is 0 Å². The van der Waals surface area contributed by atoms with Gasteiger partial charge in [-0.2, -0.15) is 0 Å². The minimum Gasteiger partial charge on any atom is -0.497 e. The van der Waals surface area contributed by atoms with Crippen molar-refractivity contribution in [3.63, 3.8) is 0 Å². The van der Waals surface area contributed by atoms with Crippen LogP contribution in [0.15, 0.2) is 78.2 Å². The molecule has 0 amide bonds. The number of benzene rings is 3. The zero-order chi connectivity index (χ0) is 19.1. The average Bonchev–Trinajstić information content (AvgIpc) is 3.28. The summed E-state index contributed by atoms with van der Waals surface area (Å²) in [6.07, 6.45) is 4.00. The number of hydrogen-bond acceptors (Lipinski definition) is 3. The van der Waals surface area contributed by atoms with Gasteiger partial charge in [0.1, 0.15) is 17.3 Å². The number of hydrogen-bond donors (Lipinski definition) is 0. The first kappa shape index (κ1) is 17.0. The van der Waals surface area contributed by atoms with E-state index in [-0.39, 0.29) is 5.82 Å². The molecule has 1 aliphatic rings. The first-order valence-corrected chi connectivity index (χ1v) is 9.87. The molecule has 3 aromatic carbocycles. The van der Waals surface area contributed by atoms with Crippen LogP contribution in [0.1, 0.15) is 16.0 Å². The highest BCUT2D eigenvalue weighted by atomic mass is 32.1. The summed E-state index contributed by atoms with van der Waals surface area (Å²) < 4.78 is 26.8. The van der Waals surface area contributed by atoms with Gasteiger partial charge in [0.15, 0.2) is 5.60 Å². The van der Waals surface area contributed by atoms with E-state index in [1.54, 1.807) is 23.5 Å². The topological polar surface area (TPSA) is 18.5 Å². The lowest BCUT2D eigenvalue weighted by Gasteiger charge is -2.35. The lowest BCUT2D eigenvalue weighted by Crippen LogP contribution is -2.34. The van der Waals surface area contributed by atoms with E-state index in [0.717, 1.165) is 27.0 Å². The van der Waals surface area contributed by atoms with E-state index in [1.165, 1.54) is 13.2 Å². The average molecular weight is 388 g/mol. The largest absolute Gasteiger partial charge is 0.497 e. The first-order valence-electron chi connectivity index (χ1n) is 8.99. The van der Waals surface area contributed by atoms with E-state index >= 15 is 4.39 Å². The maximum absolute atomic E-state index is 15.1. The van der Waals surface area contributed by atoms with E-state index in [9.17, 15) is 0 Å². The Labute approximate surface area is 166 Å². The summed E-state index contributed by atoms with van der Waals surface area (Å²) in [4.78, 5) is 0.923. The monoisotopic (exact) mass is 388 g/mol. The first-order chi connectivity index (χ1) is 13.7. The van der Waals surface area contributed by atoms with Crippen molar-refractivity contribution in [1.29, 1.82) is 0 Å². The van der Waals surface area contributed by atoms with Crippen LogP contribution in [0.3, 0.4) is 0 Å². The standard InChI is InChI=1S/C24H17FO2S/c1-26-17-9-10-20(21(25)15-17)24(23-7-4-14-28-23)13-12-19-18-6-3-2-5-16(18)8-11-22(19)27-24/h2-15H,1H3. The second-order valence-electron chi connectivity index (χ2n) is 6.69. The third-order valence-electron chi connectivity index (χ3n) is 5.15. The van der Waals surface area contributed by atoms with Crippen LogP contribution in [-0.4, -0.2) is 7.11 Å². The van der Waals surface area contributed by atoms with Crippen molar-refractivity contribution in [2.75, 3.05) is 7.11 Å². The molecule has 0 bridgehead atoms. The van der Waals surface area contributed by atoms with Gasteiger partial charge in [-0.05, 0) is 52.6 Å². The summed E-state index contributed by atoms with van der Waals surface area (Å²) in [5, 5.41) is 4.24. The Morgan fingerprint density at radius 1 is 1.00 bits per heavy atom. The molecule has 0 radical (unpaired) electrons. The van der Waals surface area contributed by atoms with Crippen molar-refractivity contribution in [3.05, 3.63) is 100 Å². The Balaban J connectivity index is 1.73. The summed E-state index contributed by atoms with van der Waals surface area (Å²) in [5.74, 6) is 0.861. The molecule has 0 saturated carbocycles. The second kappa shape index (κ2) is 6.50. The van der Waals surface area contributed by atoms with E-state index < -0.39 is 5.60 Å². The van der Waals surface area contributed by atoms with Crippen LogP contribution in [0.25, 0.3) is 16.8 Å². The van der Waals surface area contributed by atoms with Gasteiger partial charge in [-0.1, -0.05) is 36.4 Å². The van der Waals surface area contributed by atoms with Crippen molar-refractivity contribution in [2.45, 2.75) is 5.60 Å². The molecule has 5 rings (SSSR count). The van der Waals surface area contributed by atoms with Crippen LogP contribution in [0.2, 0.25) is 0 Å². The molecule has 1 aromatic heterocycles. The molecule has 0 fully saturated rings. The van der Waals surface area contributed by atoms with Crippen LogP contribution in [0.4, 0.5) is 4.39 Å². The van der Waals surface area contributed by atoms with Crippen molar-refractivity contribution < 1.29 is 13.9 Å². The molecule has 1 atom stereocenters. The summed E-state index contributed by atoms with van der Waals surface area (Å²) in [5.41, 5.74) is 0.463. The fraction of sp³-hybridized carbons (Fsp3) is 0.0833. The van der Waals surface area contributed by atoms with Gasteiger partial charge in [-0.25, -0.2) is 4.39 Å². The fourth-order valence-corrected chi connectivity index (χ4v) is 4.62. The van der Waals surface area contributed by atoms with Gasteiger partial charge in [0.2, 0.25) is 0 Å². The van der Waals surface area contributed by atoms with Crippen LogP contribution in [0, 0.1) is 5.82 Å². The predicted octanol–water partition coefficient (Wildman–Crippen LogP) is 6.40. The number of fused-ring (bicyclic) bond motifs is 3. The molecule has 0 aliphatic carbocycles.